The maximum Gasteiger partial charge on any atom is 0.0616 e. The van der Waals surface area contributed by atoms with Crippen molar-refractivity contribution in [3.63, 3.8) is 0 Å². The molecule has 0 heterocycles. The van der Waals surface area contributed by atoms with E-state index in [2.05, 4.69) is 56.4 Å². The Labute approximate surface area is 105 Å². The second-order valence-corrected chi connectivity index (χ2v) is 4.89. The van der Waals surface area contributed by atoms with Crippen LogP contribution in [0.5, 0.6) is 0 Å². The number of ether oxygens (including phenoxy) is 1. The Balaban J connectivity index is 2.01. The highest BCUT2D eigenvalue weighted by molar-refractivity contribution is 5.14. The molecule has 17 heavy (non-hydrogen) atoms. The number of hydrogen-bond donors (Lipinski definition) is 1. The van der Waals surface area contributed by atoms with Gasteiger partial charge < -0.3 is 10.1 Å². The minimum atomic E-state index is 0.437. The Kier molecular flexibility index (Phi) is 6.90. The van der Waals surface area contributed by atoms with Gasteiger partial charge in [0.05, 0.1) is 6.61 Å². The lowest BCUT2D eigenvalue weighted by atomic mass is 10.1. The lowest BCUT2D eigenvalue weighted by Crippen LogP contribution is -2.35. The van der Waals surface area contributed by atoms with Crippen LogP contribution in [-0.2, 0) is 11.2 Å². The molecular weight excluding hydrogens is 210 g/mol. The van der Waals surface area contributed by atoms with E-state index in [0.717, 1.165) is 26.1 Å². The van der Waals surface area contributed by atoms with Crippen molar-refractivity contribution >= 4 is 0 Å². The molecule has 1 aromatic rings. The highest BCUT2D eigenvalue weighted by Gasteiger charge is 2.02. The summed E-state index contributed by atoms with van der Waals surface area (Å²) >= 11 is 0. The van der Waals surface area contributed by atoms with Crippen LogP contribution in [0.4, 0.5) is 0 Å². The van der Waals surface area contributed by atoms with Gasteiger partial charge in [0.25, 0.3) is 0 Å². The fraction of sp³-hybridized carbons (Fsp3) is 0.600. The summed E-state index contributed by atoms with van der Waals surface area (Å²) in [5, 5.41) is 3.43. The molecule has 2 heteroatoms. The van der Waals surface area contributed by atoms with E-state index >= 15 is 0 Å². The van der Waals surface area contributed by atoms with E-state index in [-0.39, 0.29) is 0 Å². The van der Waals surface area contributed by atoms with Crippen LogP contribution in [0.25, 0.3) is 0 Å². The zero-order valence-electron chi connectivity index (χ0n) is 11.3. The first-order valence-corrected chi connectivity index (χ1v) is 6.56. The zero-order valence-corrected chi connectivity index (χ0v) is 11.3. The maximum atomic E-state index is 5.66. The summed E-state index contributed by atoms with van der Waals surface area (Å²) in [5.41, 5.74) is 1.39. The molecule has 96 valence electrons. The maximum absolute atomic E-state index is 5.66. The van der Waals surface area contributed by atoms with Crippen molar-refractivity contribution in [1.82, 2.24) is 5.32 Å². The lowest BCUT2D eigenvalue weighted by molar-refractivity contribution is 0.111. The van der Waals surface area contributed by atoms with Crippen LogP contribution >= 0.6 is 0 Å². The number of rotatable bonds is 8. The van der Waals surface area contributed by atoms with Gasteiger partial charge in [0, 0.05) is 18.7 Å². The number of benzene rings is 1. The number of nitrogens with one attached hydrogen (secondary N) is 1. The topological polar surface area (TPSA) is 21.3 Å². The van der Waals surface area contributed by atoms with E-state index < -0.39 is 0 Å². The van der Waals surface area contributed by atoms with Gasteiger partial charge in [-0.3, -0.25) is 0 Å². The van der Waals surface area contributed by atoms with Gasteiger partial charge in [-0.15, -0.1) is 0 Å². The van der Waals surface area contributed by atoms with Gasteiger partial charge in [-0.2, -0.15) is 0 Å². The normalized spacial score (nSPS) is 12.9. The Morgan fingerprint density at radius 3 is 2.47 bits per heavy atom. The summed E-state index contributed by atoms with van der Waals surface area (Å²) in [6.07, 6.45) is 2.20. The first-order valence-electron chi connectivity index (χ1n) is 6.56. The predicted octanol–water partition coefficient (Wildman–Crippen LogP) is 3.02. The molecular formula is C15H25NO. The van der Waals surface area contributed by atoms with Crippen LogP contribution in [-0.4, -0.2) is 25.3 Å². The minimum Gasteiger partial charge on any atom is -0.380 e. The van der Waals surface area contributed by atoms with E-state index in [9.17, 15) is 0 Å². The first kappa shape index (κ1) is 14.2. The summed E-state index contributed by atoms with van der Waals surface area (Å²) in [4.78, 5) is 0. The number of hydrogen-bond acceptors (Lipinski definition) is 2. The van der Waals surface area contributed by atoms with Crippen molar-refractivity contribution in [2.24, 2.45) is 0 Å². The van der Waals surface area contributed by atoms with Crippen molar-refractivity contribution in [2.75, 3.05) is 13.2 Å². The summed E-state index contributed by atoms with van der Waals surface area (Å²) in [7, 11) is 0. The standard InChI is InChI=1S/C15H25NO/c1-13(2)16-14(3)12-17-11-7-10-15-8-5-4-6-9-15/h4-6,8-9,13-14,16H,7,10-12H2,1-3H3. The average Bonchev–Trinajstić information content (AvgIpc) is 2.29. The quantitative estimate of drug-likeness (QED) is 0.699. The summed E-state index contributed by atoms with van der Waals surface area (Å²) in [6.45, 7) is 8.13. The fourth-order valence-corrected chi connectivity index (χ4v) is 1.90. The Hall–Kier alpha value is -0.860. The van der Waals surface area contributed by atoms with Gasteiger partial charge in [-0.1, -0.05) is 44.2 Å². The van der Waals surface area contributed by atoms with E-state index in [1.807, 2.05) is 0 Å². The second-order valence-electron chi connectivity index (χ2n) is 4.89. The van der Waals surface area contributed by atoms with Gasteiger partial charge in [0.15, 0.2) is 0 Å². The van der Waals surface area contributed by atoms with E-state index in [1.54, 1.807) is 0 Å². The molecule has 0 aromatic heterocycles. The van der Waals surface area contributed by atoms with Gasteiger partial charge in [0.1, 0.15) is 0 Å². The fourth-order valence-electron chi connectivity index (χ4n) is 1.90. The van der Waals surface area contributed by atoms with E-state index in [1.165, 1.54) is 5.56 Å². The average molecular weight is 235 g/mol. The van der Waals surface area contributed by atoms with Crippen LogP contribution in [0, 0.1) is 0 Å². The monoisotopic (exact) mass is 235 g/mol. The van der Waals surface area contributed by atoms with Crippen LogP contribution in [0.15, 0.2) is 30.3 Å². The van der Waals surface area contributed by atoms with E-state index in [4.69, 9.17) is 4.74 Å². The third-order valence-corrected chi connectivity index (χ3v) is 2.58. The largest absolute Gasteiger partial charge is 0.380 e. The smallest absolute Gasteiger partial charge is 0.0616 e. The molecule has 1 unspecified atom stereocenters. The van der Waals surface area contributed by atoms with Crippen molar-refractivity contribution in [1.29, 1.82) is 0 Å². The first-order chi connectivity index (χ1) is 8.18. The van der Waals surface area contributed by atoms with Crippen LogP contribution in [0.1, 0.15) is 32.8 Å². The molecule has 0 aliphatic rings. The number of aryl methyl sites for hydroxylation is 1. The summed E-state index contributed by atoms with van der Waals surface area (Å²) in [5.74, 6) is 0. The molecule has 0 radical (unpaired) electrons. The van der Waals surface area contributed by atoms with E-state index in [0.29, 0.717) is 12.1 Å². The Morgan fingerprint density at radius 1 is 1.12 bits per heavy atom. The highest BCUT2D eigenvalue weighted by atomic mass is 16.5. The predicted molar refractivity (Wildman–Crippen MR) is 73.3 cm³/mol. The van der Waals surface area contributed by atoms with Crippen LogP contribution in [0.3, 0.4) is 0 Å². The molecule has 0 aliphatic carbocycles. The minimum absolute atomic E-state index is 0.437. The Morgan fingerprint density at radius 2 is 1.82 bits per heavy atom. The third-order valence-electron chi connectivity index (χ3n) is 2.58. The highest BCUT2D eigenvalue weighted by Crippen LogP contribution is 2.02. The molecule has 0 saturated heterocycles. The molecule has 1 rings (SSSR count). The van der Waals surface area contributed by atoms with Crippen molar-refractivity contribution in [3.05, 3.63) is 35.9 Å². The molecule has 0 aliphatic heterocycles. The van der Waals surface area contributed by atoms with Crippen LogP contribution < -0.4 is 5.32 Å². The second kappa shape index (κ2) is 8.26. The summed E-state index contributed by atoms with van der Waals surface area (Å²) < 4.78 is 5.66. The van der Waals surface area contributed by atoms with Crippen molar-refractivity contribution in [3.8, 4) is 0 Å². The SMILES string of the molecule is CC(C)NC(C)COCCCc1ccccc1. The molecule has 0 amide bonds. The molecule has 1 N–H and O–H groups in total. The van der Waals surface area contributed by atoms with Crippen molar-refractivity contribution in [2.45, 2.75) is 45.7 Å². The van der Waals surface area contributed by atoms with Gasteiger partial charge in [-0.25, -0.2) is 0 Å². The molecule has 1 atom stereocenters. The van der Waals surface area contributed by atoms with Gasteiger partial charge >= 0.3 is 0 Å². The summed E-state index contributed by atoms with van der Waals surface area (Å²) in [6, 6.07) is 11.5. The van der Waals surface area contributed by atoms with Crippen molar-refractivity contribution < 1.29 is 4.74 Å². The van der Waals surface area contributed by atoms with Crippen LogP contribution in [0.2, 0.25) is 0 Å². The molecule has 0 bridgehead atoms. The molecule has 0 saturated carbocycles. The molecule has 0 fully saturated rings. The zero-order chi connectivity index (χ0) is 12.5. The molecule has 1 aromatic carbocycles. The lowest BCUT2D eigenvalue weighted by Gasteiger charge is -2.16. The van der Waals surface area contributed by atoms with Gasteiger partial charge in [0.2, 0.25) is 0 Å². The van der Waals surface area contributed by atoms with Gasteiger partial charge in [-0.05, 0) is 25.3 Å². The third kappa shape index (κ3) is 7.14. The molecule has 0 spiro atoms. The Bertz CT molecular complexity index is 284. The molecule has 2 nitrogen and oxygen atoms in total.